The maximum Gasteiger partial charge on any atom is 0.260 e. The van der Waals surface area contributed by atoms with E-state index in [4.69, 9.17) is 10.5 Å². The second-order valence-electron chi connectivity index (χ2n) is 6.18. The molecule has 0 radical (unpaired) electrons. The van der Waals surface area contributed by atoms with Crippen LogP contribution >= 0.6 is 12.4 Å². The third-order valence-electron chi connectivity index (χ3n) is 4.38. The fourth-order valence-electron chi connectivity index (χ4n) is 3.14. The molecule has 2 heterocycles. The van der Waals surface area contributed by atoms with Gasteiger partial charge in [0.2, 0.25) is 5.91 Å². The number of hydrogen-bond donors (Lipinski definition) is 1. The molecule has 1 aromatic carbocycles. The van der Waals surface area contributed by atoms with E-state index in [2.05, 4.69) is 0 Å². The summed E-state index contributed by atoms with van der Waals surface area (Å²) in [6.07, 6.45) is 3.40. The van der Waals surface area contributed by atoms with Gasteiger partial charge in [-0.2, -0.15) is 0 Å². The van der Waals surface area contributed by atoms with Crippen molar-refractivity contribution in [2.24, 2.45) is 5.73 Å². The summed E-state index contributed by atoms with van der Waals surface area (Å²) in [7, 11) is 0. The summed E-state index contributed by atoms with van der Waals surface area (Å²) in [5, 5.41) is 0. The maximum absolute atomic E-state index is 12.2. The van der Waals surface area contributed by atoms with Gasteiger partial charge in [0.1, 0.15) is 5.75 Å². The highest BCUT2D eigenvalue weighted by molar-refractivity contribution is 5.95. The summed E-state index contributed by atoms with van der Waals surface area (Å²) in [6, 6.07) is 7.42. The zero-order valence-corrected chi connectivity index (χ0v) is 14.5. The molecule has 2 fully saturated rings. The number of rotatable bonds is 4. The first-order valence-electron chi connectivity index (χ1n) is 8.20. The second-order valence-corrected chi connectivity index (χ2v) is 6.18. The molecule has 2 aliphatic heterocycles. The van der Waals surface area contributed by atoms with Crippen LogP contribution in [-0.4, -0.2) is 49.0 Å². The van der Waals surface area contributed by atoms with Gasteiger partial charge in [-0.3, -0.25) is 9.59 Å². The van der Waals surface area contributed by atoms with Crippen molar-refractivity contribution in [3.63, 3.8) is 0 Å². The molecule has 1 unspecified atom stereocenters. The predicted octanol–water partition coefficient (Wildman–Crippen LogP) is 1.56. The maximum atomic E-state index is 12.2. The molecule has 2 N–H and O–H groups in total. The average molecular weight is 354 g/mol. The molecule has 0 bridgehead atoms. The van der Waals surface area contributed by atoms with E-state index in [1.165, 1.54) is 0 Å². The number of piperidine rings is 1. The normalized spacial score (nSPS) is 20.7. The quantitative estimate of drug-likeness (QED) is 0.891. The van der Waals surface area contributed by atoms with Crippen LogP contribution in [0.3, 0.4) is 0 Å². The molecule has 132 valence electrons. The monoisotopic (exact) mass is 353 g/mol. The summed E-state index contributed by atoms with van der Waals surface area (Å²) in [5.74, 6) is 0.709. The van der Waals surface area contributed by atoms with E-state index >= 15 is 0 Å². The van der Waals surface area contributed by atoms with Gasteiger partial charge in [0.05, 0.1) is 0 Å². The summed E-state index contributed by atoms with van der Waals surface area (Å²) in [4.78, 5) is 27.5. The molecule has 3 rings (SSSR count). The van der Waals surface area contributed by atoms with Gasteiger partial charge >= 0.3 is 0 Å². The van der Waals surface area contributed by atoms with Crippen molar-refractivity contribution in [3.8, 4) is 5.75 Å². The van der Waals surface area contributed by atoms with Crippen LogP contribution < -0.4 is 15.4 Å². The first-order valence-corrected chi connectivity index (χ1v) is 8.20. The number of carbonyl (C=O) groups excluding carboxylic acids is 2. The number of likely N-dealkylation sites (tertiary alicyclic amines) is 1. The molecule has 2 amide bonds. The smallest absolute Gasteiger partial charge is 0.260 e. The number of anilines is 1. The standard InChI is InChI=1S/C17H23N3O3.ClH/c18-13-4-2-8-19(11-13)17(22)12-23-15-6-1-5-14(10-15)20-9-3-7-16(20)21;/h1,5-6,10,13H,2-4,7-9,11-12,18H2;1H. The van der Waals surface area contributed by atoms with Crippen LogP contribution in [0.4, 0.5) is 5.69 Å². The third-order valence-corrected chi connectivity index (χ3v) is 4.38. The van der Waals surface area contributed by atoms with Crippen LogP contribution in [0.2, 0.25) is 0 Å². The van der Waals surface area contributed by atoms with Crippen molar-refractivity contribution >= 4 is 29.9 Å². The molecule has 0 spiro atoms. The molecule has 24 heavy (non-hydrogen) atoms. The number of amides is 2. The number of ether oxygens (including phenoxy) is 1. The molecular formula is C17H24ClN3O3. The Morgan fingerprint density at radius 2 is 2.12 bits per heavy atom. The number of nitrogens with two attached hydrogens (primary N) is 1. The Kier molecular flexibility index (Phi) is 6.45. The van der Waals surface area contributed by atoms with Gasteiger partial charge in [-0.25, -0.2) is 0 Å². The Labute approximate surface area is 148 Å². The molecular weight excluding hydrogens is 330 g/mol. The minimum absolute atomic E-state index is 0. The highest BCUT2D eigenvalue weighted by atomic mass is 35.5. The highest BCUT2D eigenvalue weighted by Crippen LogP contribution is 2.25. The zero-order valence-electron chi connectivity index (χ0n) is 13.6. The Hall–Kier alpha value is -1.79. The summed E-state index contributed by atoms with van der Waals surface area (Å²) in [6.45, 7) is 2.10. The molecule has 1 aromatic rings. The predicted molar refractivity (Wildman–Crippen MR) is 94.6 cm³/mol. The lowest BCUT2D eigenvalue weighted by atomic mass is 10.1. The highest BCUT2D eigenvalue weighted by Gasteiger charge is 2.23. The van der Waals surface area contributed by atoms with E-state index in [9.17, 15) is 9.59 Å². The van der Waals surface area contributed by atoms with Crippen molar-refractivity contribution in [3.05, 3.63) is 24.3 Å². The van der Waals surface area contributed by atoms with Crippen LogP contribution in [0.5, 0.6) is 5.75 Å². The molecule has 0 aromatic heterocycles. The van der Waals surface area contributed by atoms with Crippen molar-refractivity contribution in [2.45, 2.75) is 31.7 Å². The molecule has 0 aliphatic carbocycles. The number of halogens is 1. The van der Waals surface area contributed by atoms with Gasteiger partial charge in [0.25, 0.3) is 5.91 Å². The largest absolute Gasteiger partial charge is 0.484 e. The van der Waals surface area contributed by atoms with Crippen molar-refractivity contribution in [1.29, 1.82) is 0 Å². The Morgan fingerprint density at radius 1 is 1.29 bits per heavy atom. The van der Waals surface area contributed by atoms with E-state index in [-0.39, 0.29) is 36.9 Å². The number of hydrogen-bond acceptors (Lipinski definition) is 4. The number of nitrogens with zero attached hydrogens (tertiary/aromatic N) is 2. The minimum atomic E-state index is -0.0391. The zero-order chi connectivity index (χ0) is 16.2. The van der Waals surface area contributed by atoms with E-state index < -0.39 is 0 Å². The van der Waals surface area contributed by atoms with Gasteiger partial charge in [-0.15, -0.1) is 12.4 Å². The Balaban J connectivity index is 0.00000208. The Morgan fingerprint density at radius 3 is 2.83 bits per heavy atom. The average Bonchev–Trinajstić information content (AvgIpc) is 2.99. The molecule has 1 atom stereocenters. The summed E-state index contributed by atoms with van der Waals surface area (Å²) < 4.78 is 5.62. The van der Waals surface area contributed by atoms with Gasteiger partial charge in [0, 0.05) is 43.9 Å². The Bertz CT molecular complexity index is 596. The second kappa shape index (κ2) is 8.35. The molecule has 2 aliphatic rings. The lowest BCUT2D eigenvalue weighted by Gasteiger charge is -2.30. The first kappa shape index (κ1) is 18.5. The fraction of sp³-hybridized carbons (Fsp3) is 0.529. The van der Waals surface area contributed by atoms with E-state index in [0.717, 1.165) is 38.0 Å². The molecule has 7 heteroatoms. The lowest BCUT2D eigenvalue weighted by molar-refractivity contribution is -0.134. The van der Waals surface area contributed by atoms with E-state index in [1.54, 1.807) is 15.9 Å². The lowest BCUT2D eigenvalue weighted by Crippen LogP contribution is -2.47. The summed E-state index contributed by atoms with van der Waals surface area (Å²) >= 11 is 0. The minimum Gasteiger partial charge on any atom is -0.484 e. The molecule has 0 saturated carbocycles. The molecule has 6 nitrogen and oxygen atoms in total. The number of benzene rings is 1. The van der Waals surface area contributed by atoms with Gasteiger partial charge in [-0.1, -0.05) is 6.07 Å². The van der Waals surface area contributed by atoms with Crippen molar-refractivity contribution in [2.75, 3.05) is 31.1 Å². The topological polar surface area (TPSA) is 75.9 Å². The van der Waals surface area contributed by atoms with Crippen LogP contribution in [0, 0.1) is 0 Å². The van der Waals surface area contributed by atoms with Crippen molar-refractivity contribution < 1.29 is 14.3 Å². The molecule has 2 saturated heterocycles. The van der Waals surface area contributed by atoms with Crippen LogP contribution in [-0.2, 0) is 9.59 Å². The van der Waals surface area contributed by atoms with E-state index in [0.29, 0.717) is 18.7 Å². The number of carbonyl (C=O) groups is 2. The van der Waals surface area contributed by atoms with Crippen LogP contribution in [0.15, 0.2) is 24.3 Å². The van der Waals surface area contributed by atoms with E-state index in [1.807, 2.05) is 18.2 Å². The van der Waals surface area contributed by atoms with Crippen molar-refractivity contribution in [1.82, 2.24) is 4.90 Å². The third kappa shape index (κ3) is 4.39. The van der Waals surface area contributed by atoms with Crippen LogP contribution in [0.1, 0.15) is 25.7 Å². The van der Waals surface area contributed by atoms with Gasteiger partial charge < -0.3 is 20.3 Å². The fourth-order valence-corrected chi connectivity index (χ4v) is 3.14. The van der Waals surface area contributed by atoms with Gasteiger partial charge in [0.15, 0.2) is 6.61 Å². The van der Waals surface area contributed by atoms with Gasteiger partial charge in [-0.05, 0) is 31.4 Å². The first-order chi connectivity index (χ1) is 11.1. The SMILES string of the molecule is Cl.NC1CCCN(C(=O)COc2cccc(N3CCCC3=O)c2)C1. The summed E-state index contributed by atoms with van der Waals surface area (Å²) in [5.41, 5.74) is 6.73. The van der Waals surface area contributed by atoms with Crippen LogP contribution in [0.25, 0.3) is 0 Å².